The molecule has 0 radical (unpaired) electrons. The van der Waals surface area contributed by atoms with Gasteiger partial charge in [-0.1, -0.05) is 0 Å². The van der Waals surface area contributed by atoms with E-state index >= 15 is 0 Å². The molecule has 3 heterocycles. The molecule has 5 nitrogen and oxygen atoms in total. The Morgan fingerprint density at radius 2 is 2.53 bits per heavy atom. The lowest BCUT2D eigenvalue weighted by Gasteiger charge is -2.22. The number of nitrogens with zero attached hydrogens (tertiary/aromatic N) is 2. The van der Waals surface area contributed by atoms with E-state index in [1.165, 1.54) is 24.1 Å². The lowest BCUT2D eigenvalue weighted by molar-refractivity contribution is -0.144. The van der Waals surface area contributed by atoms with Crippen LogP contribution in [0.5, 0.6) is 0 Å². The fraction of sp³-hybridized carbons (Fsp3) is 0.667. The molecule has 5 heteroatoms. The van der Waals surface area contributed by atoms with E-state index in [0.29, 0.717) is 18.7 Å². The van der Waals surface area contributed by atoms with Crippen molar-refractivity contribution in [2.45, 2.75) is 44.8 Å². The molecule has 17 heavy (non-hydrogen) atoms. The van der Waals surface area contributed by atoms with Gasteiger partial charge in [-0.2, -0.15) is 5.10 Å². The minimum atomic E-state index is -0.204. The van der Waals surface area contributed by atoms with E-state index in [4.69, 9.17) is 4.74 Å². The van der Waals surface area contributed by atoms with Crippen molar-refractivity contribution in [3.63, 3.8) is 0 Å². The van der Waals surface area contributed by atoms with Gasteiger partial charge in [0.1, 0.15) is 6.54 Å². The number of ether oxygens (including phenoxy) is 1. The molecule has 0 aromatic carbocycles. The third kappa shape index (κ3) is 1.84. The summed E-state index contributed by atoms with van der Waals surface area (Å²) in [6.45, 7) is 2.48. The van der Waals surface area contributed by atoms with Crippen LogP contribution in [0.25, 0.3) is 0 Å². The van der Waals surface area contributed by atoms with Crippen LogP contribution in [-0.4, -0.2) is 28.4 Å². The van der Waals surface area contributed by atoms with Gasteiger partial charge < -0.3 is 10.1 Å². The summed E-state index contributed by atoms with van der Waals surface area (Å²) in [6.07, 6.45) is 5.28. The van der Waals surface area contributed by atoms with Gasteiger partial charge in [0, 0.05) is 29.8 Å². The van der Waals surface area contributed by atoms with E-state index in [2.05, 4.69) is 10.4 Å². The number of hydrogen-bond acceptors (Lipinski definition) is 4. The van der Waals surface area contributed by atoms with Crippen LogP contribution in [0, 0.1) is 0 Å². The number of carbonyl (C=O) groups excluding carboxylic acids is 1. The first-order chi connectivity index (χ1) is 8.28. The number of carbonyl (C=O) groups is 1. The number of nitrogens with one attached hydrogen (secondary N) is 1. The maximum atomic E-state index is 11.5. The lowest BCUT2D eigenvalue weighted by Crippen LogP contribution is -2.33. The van der Waals surface area contributed by atoms with Gasteiger partial charge in [-0.25, -0.2) is 0 Å². The minimum absolute atomic E-state index is 0.204. The molecule has 1 saturated heterocycles. The van der Waals surface area contributed by atoms with Gasteiger partial charge in [-0.05, 0) is 19.8 Å². The monoisotopic (exact) mass is 235 g/mol. The van der Waals surface area contributed by atoms with Crippen molar-refractivity contribution in [2.75, 3.05) is 6.61 Å². The van der Waals surface area contributed by atoms with E-state index < -0.39 is 0 Å². The molecule has 92 valence electrons. The normalized spacial score (nSPS) is 25.7. The van der Waals surface area contributed by atoms with Crippen LogP contribution in [0.1, 0.15) is 37.1 Å². The summed E-state index contributed by atoms with van der Waals surface area (Å²) in [5, 5.41) is 7.88. The molecule has 1 aromatic heterocycles. The van der Waals surface area contributed by atoms with E-state index in [-0.39, 0.29) is 12.5 Å². The quantitative estimate of drug-likeness (QED) is 0.787. The zero-order valence-electron chi connectivity index (χ0n) is 9.98. The van der Waals surface area contributed by atoms with Crippen molar-refractivity contribution in [3.05, 3.63) is 17.5 Å². The number of fused-ring (bicyclic) bond motifs is 4. The van der Waals surface area contributed by atoms with Crippen molar-refractivity contribution >= 4 is 5.97 Å². The second kappa shape index (κ2) is 4.14. The molecule has 1 aromatic rings. The summed E-state index contributed by atoms with van der Waals surface area (Å²) in [5.41, 5.74) is 2.48. The predicted molar refractivity (Wildman–Crippen MR) is 61.5 cm³/mol. The summed E-state index contributed by atoms with van der Waals surface area (Å²) in [7, 11) is 0. The fourth-order valence-electron chi connectivity index (χ4n) is 2.86. The first-order valence-electron chi connectivity index (χ1n) is 6.24. The standard InChI is InChI=1S/C12H17N3O2/c1-2-17-12(16)7-15-11-5-8-3-4-10(14-8)9(11)6-13-15/h6,8,10,14H,2-5,7H2,1H3. The highest BCUT2D eigenvalue weighted by molar-refractivity contribution is 5.69. The Balaban J connectivity index is 1.81. The second-order valence-electron chi connectivity index (χ2n) is 4.71. The van der Waals surface area contributed by atoms with Gasteiger partial charge in [0.15, 0.2) is 0 Å². The summed E-state index contributed by atoms with van der Waals surface area (Å²) >= 11 is 0. The first kappa shape index (κ1) is 10.8. The zero-order valence-corrected chi connectivity index (χ0v) is 9.98. The summed E-state index contributed by atoms with van der Waals surface area (Å²) < 4.78 is 6.77. The molecule has 2 bridgehead atoms. The summed E-state index contributed by atoms with van der Waals surface area (Å²) in [4.78, 5) is 11.5. The van der Waals surface area contributed by atoms with Crippen LogP contribution in [0.2, 0.25) is 0 Å². The molecule has 2 aliphatic heterocycles. The van der Waals surface area contributed by atoms with Crippen LogP contribution >= 0.6 is 0 Å². The van der Waals surface area contributed by atoms with Crippen molar-refractivity contribution in [2.24, 2.45) is 0 Å². The van der Waals surface area contributed by atoms with Crippen LogP contribution in [0.4, 0.5) is 0 Å². The van der Waals surface area contributed by atoms with Gasteiger partial charge in [0.25, 0.3) is 0 Å². The Morgan fingerprint density at radius 1 is 1.65 bits per heavy atom. The summed E-state index contributed by atoms with van der Waals surface area (Å²) in [6, 6.07) is 1.00. The molecule has 2 aliphatic rings. The highest BCUT2D eigenvalue weighted by atomic mass is 16.5. The third-order valence-electron chi connectivity index (χ3n) is 3.62. The van der Waals surface area contributed by atoms with E-state index in [1.807, 2.05) is 13.1 Å². The van der Waals surface area contributed by atoms with Gasteiger partial charge >= 0.3 is 5.97 Å². The molecule has 1 N–H and O–H groups in total. The highest BCUT2D eigenvalue weighted by Gasteiger charge is 2.34. The molecule has 0 spiro atoms. The van der Waals surface area contributed by atoms with Crippen molar-refractivity contribution in [3.8, 4) is 0 Å². The lowest BCUT2D eigenvalue weighted by atomic mass is 10.0. The molecule has 0 saturated carbocycles. The maximum absolute atomic E-state index is 11.5. The van der Waals surface area contributed by atoms with Gasteiger partial charge in [0.05, 0.1) is 12.8 Å². The largest absolute Gasteiger partial charge is 0.465 e. The Morgan fingerprint density at radius 3 is 3.35 bits per heavy atom. The smallest absolute Gasteiger partial charge is 0.327 e. The van der Waals surface area contributed by atoms with Crippen LogP contribution in [0.3, 0.4) is 0 Å². The minimum Gasteiger partial charge on any atom is -0.465 e. The van der Waals surface area contributed by atoms with E-state index in [1.54, 1.807) is 4.68 Å². The zero-order chi connectivity index (χ0) is 11.8. The van der Waals surface area contributed by atoms with Crippen LogP contribution < -0.4 is 5.32 Å². The Labute approximate surface area is 100 Å². The Hall–Kier alpha value is -1.36. The van der Waals surface area contributed by atoms with Crippen molar-refractivity contribution in [1.29, 1.82) is 0 Å². The highest BCUT2D eigenvalue weighted by Crippen LogP contribution is 2.35. The maximum Gasteiger partial charge on any atom is 0.327 e. The van der Waals surface area contributed by atoms with Crippen molar-refractivity contribution < 1.29 is 9.53 Å². The Kier molecular flexibility index (Phi) is 2.63. The molecular formula is C12H17N3O2. The van der Waals surface area contributed by atoms with E-state index in [9.17, 15) is 4.79 Å². The van der Waals surface area contributed by atoms with Crippen molar-refractivity contribution in [1.82, 2.24) is 15.1 Å². The summed E-state index contributed by atoms with van der Waals surface area (Å²) in [5.74, 6) is -0.204. The van der Waals surface area contributed by atoms with E-state index in [0.717, 1.165) is 6.42 Å². The molecular weight excluding hydrogens is 218 g/mol. The molecule has 2 unspecified atom stereocenters. The number of hydrogen-bond donors (Lipinski definition) is 1. The average molecular weight is 235 g/mol. The Bertz CT molecular complexity index is 441. The third-order valence-corrected chi connectivity index (χ3v) is 3.62. The average Bonchev–Trinajstić information content (AvgIpc) is 2.87. The molecule has 3 rings (SSSR count). The molecule has 0 amide bonds. The second-order valence-corrected chi connectivity index (χ2v) is 4.71. The topological polar surface area (TPSA) is 56.2 Å². The predicted octanol–water partition coefficient (Wildman–Crippen LogP) is 0.795. The fourth-order valence-corrected chi connectivity index (χ4v) is 2.86. The molecule has 2 atom stereocenters. The van der Waals surface area contributed by atoms with Crippen LogP contribution in [-0.2, 0) is 22.5 Å². The number of esters is 1. The first-order valence-corrected chi connectivity index (χ1v) is 6.24. The molecule has 1 fully saturated rings. The molecule has 0 aliphatic carbocycles. The number of aromatic nitrogens is 2. The van der Waals surface area contributed by atoms with Gasteiger partial charge in [-0.3, -0.25) is 9.48 Å². The van der Waals surface area contributed by atoms with Crippen LogP contribution in [0.15, 0.2) is 6.20 Å². The number of rotatable bonds is 3. The van der Waals surface area contributed by atoms with Gasteiger partial charge in [-0.15, -0.1) is 0 Å². The SMILES string of the molecule is CCOC(=O)Cn1ncc2c1CC1CCC2N1. The van der Waals surface area contributed by atoms with Gasteiger partial charge in [0.2, 0.25) is 0 Å².